The van der Waals surface area contributed by atoms with E-state index in [1.165, 1.54) is 15.8 Å². The smallest absolute Gasteiger partial charge is 0.285 e. The molecule has 0 saturated heterocycles. The molecule has 2 aromatic rings. The summed E-state index contributed by atoms with van der Waals surface area (Å²) < 4.78 is 7.21. The average molecular weight is 288 g/mol. The van der Waals surface area contributed by atoms with Crippen molar-refractivity contribution < 1.29 is 9.53 Å². The summed E-state index contributed by atoms with van der Waals surface area (Å²) in [4.78, 5) is 11.3. The topological polar surface area (TPSA) is 82.2 Å². The van der Waals surface area contributed by atoms with Gasteiger partial charge in [-0.25, -0.2) is 10.5 Å². The fourth-order valence-corrected chi connectivity index (χ4v) is 2.16. The Morgan fingerprint density at radius 3 is 2.81 bits per heavy atom. The van der Waals surface area contributed by atoms with Crippen LogP contribution in [0.4, 0.5) is 0 Å². The predicted octanol–water partition coefficient (Wildman–Crippen LogP) is 1.95. The summed E-state index contributed by atoms with van der Waals surface area (Å²) in [5, 5.41) is 4.06. The van der Waals surface area contributed by atoms with Crippen LogP contribution >= 0.6 is 0 Å². The highest BCUT2D eigenvalue weighted by molar-refractivity contribution is 5.91. The summed E-state index contributed by atoms with van der Waals surface area (Å²) in [6.07, 6.45) is 1.67. The number of nitrogens with one attached hydrogen (secondary N) is 1. The van der Waals surface area contributed by atoms with Crippen LogP contribution < -0.4 is 16.0 Å². The zero-order valence-corrected chi connectivity index (χ0v) is 12.5. The molecule has 0 bridgehead atoms. The van der Waals surface area contributed by atoms with Crippen LogP contribution in [0.3, 0.4) is 0 Å². The molecule has 0 fully saturated rings. The third-order valence-corrected chi connectivity index (χ3v) is 3.23. The third kappa shape index (κ3) is 3.61. The highest BCUT2D eigenvalue weighted by Gasteiger charge is 2.08. The number of aromatic nitrogens is 2. The van der Waals surface area contributed by atoms with Gasteiger partial charge in [-0.1, -0.05) is 19.9 Å². The van der Waals surface area contributed by atoms with E-state index in [4.69, 9.17) is 10.6 Å². The molecule has 1 amide bonds. The quantitative estimate of drug-likeness (QED) is 0.500. The van der Waals surface area contributed by atoms with E-state index in [2.05, 4.69) is 31.9 Å². The number of rotatable bonds is 5. The van der Waals surface area contributed by atoms with Crippen molar-refractivity contribution in [2.45, 2.75) is 33.4 Å². The summed E-state index contributed by atoms with van der Waals surface area (Å²) >= 11 is 0. The van der Waals surface area contributed by atoms with Gasteiger partial charge < -0.3 is 4.74 Å². The number of nitrogens with zero attached hydrogens (tertiary/aromatic N) is 2. The number of ether oxygens (including phenoxy) is 1. The molecule has 2 rings (SSSR count). The Hall–Kier alpha value is -2.34. The van der Waals surface area contributed by atoms with Gasteiger partial charge in [0.2, 0.25) is 0 Å². The van der Waals surface area contributed by atoms with Crippen molar-refractivity contribution >= 4 is 5.91 Å². The normalized spacial score (nSPS) is 10.7. The van der Waals surface area contributed by atoms with E-state index in [0.717, 1.165) is 5.75 Å². The zero-order valence-electron chi connectivity index (χ0n) is 12.5. The molecule has 0 unspecified atom stereocenters. The lowest BCUT2D eigenvalue weighted by Crippen LogP contribution is -2.30. The number of nitrogen functional groups attached to an aromatic ring is 1. The zero-order chi connectivity index (χ0) is 15.4. The van der Waals surface area contributed by atoms with Gasteiger partial charge in [-0.05, 0) is 42.2 Å². The molecule has 21 heavy (non-hydrogen) atoms. The van der Waals surface area contributed by atoms with Crippen molar-refractivity contribution in [2.75, 3.05) is 0 Å². The van der Waals surface area contributed by atoms with Gasteiger partial charge in [0.1, 0.15) is 5.75 Å². The first-order chi connectivity index (χ1) is 10.0. The predicted molar refractivity (Wildman–Crippen MR) is 79.8 cm³/mol. The Morgan fingerprint density at radius 2 is 2.19 bits per heavy atom. The maximum Gasteiger partial charge on any atom is 0.285 e. The fourth-order valence-electron chi connectivity index (χ4n) is 2.16. The van der Waals surface area contributed by atoms with E-state index in [-0.39, 0.29) is 12.4 Å². The molecular formula is C15H20N4O2. The van der Waals surface area contributed by atoms with Crippen molar-refractivity contribution in [2.24, 2.45) is 5.84 Å². The second-order valence-corrected chi connectivity index (χ2v) is 5.16. The van der Waals surface area contributed by atoms with Gasteiger partial charge in [0, 0.05) is 6.20 Å². The van der Waals surface area contributed by atoms with Gasteiger partial charge in [0.05, 0.1) is 0 Å². The first kappa shape index (κ1) is 15.1. The molecule has 112 valence electrons. The first-order valence-corrected chi connectivity index (χ1v) is 6.79. The molecule has 6 nitrogen and oxygen atoms in total. The molecule has 1 aromatic carbocycles. The third-order valence-electron chi connectivity index (χ3n) is 3.23. The lowest BCUT2D eigenvalue weighted by molar-refractivity contribution is 0.0946. The van der Waals surface area contributed by atoms with E-state index in [0.29, 0.717) is 5.92 Å². The second-order valence-electron chi connectivity index (χ2n) is 5.16. The summed E-state index contributed by atoms with van der Waals surface area (Å²) in [7, 11) is 0. The van der Waals surface area contributed by atoms with Crippen LogP contribution in [0.5, 0.6) is 5.75 Å². The first-order valence-electron chi connectivity index (χ1n) is 6.79. The molecule has 0 aliphatic carbocycles. The van der Waals surface area contributed by atoms with Crippen LogP contribution in [0.1, 0.15) is 41.4 Å². The minimum Gasteiger partial charge on any atom is -0.471 e. The summed E-state index contributed by atoms with van der Waals surface area (Å²) in [5.74, 6) is 5.89. The summed E-state index contributed by atoms with van der Waals surface area (Å²) in [6, 6.07) is 7.61. The average Bonchev–Trinajstić information content (AvgIpc) is 2.92. The van der Waals surface area contributed by atoms with Gasteiger partial charge in [0.15, 0.2) is 12.4 Å². The molecule has 3 N–H and O–H groups in total. The van der Waals surface area contributed by atoms with E-state index < -0.39 is 5.91 Å². The molecule has 0 atom stereocenters. The van der Waals surface area contributed by atoms with Crippen LogP contribution in [0.15, 0.2) is 30.5 Å². The van der Waals surface area contributed by atoms with Crippen LogP contribution in [0.2, 0.25) is 0 Å². The number of aryl methyl sites for hydroxylation is 1. The molecule has 0 aliphatic heterocycles. The van der Waals surface area contributed by atoms with Gasteiger partial charge >= 0.3 is 0 Å². The Morgan fingerprint density at radius 1 is 1.43 bits per heavy atom. The molecule has 0 aliphatic rings. The maximum atomic E-state index is 11.3. The minimum absolute atomic E-state index is 0.234. The largest absolute Gasteiger partial charge is 0.471 e. The monoisotopic (exact) mass is 288 g/mol. The lowest BCUT2D eigenvalue weighted by Gasteiger charge is -2.12. The number of nitrogens with two attached hydrogens (primary N) is 1. The Balaban J connectivity index is 2.01. The van der Waals surface area contributed by atoms with E-state index in [1.54, 1.807) is 12.3 Å². The van der Waals surface area contributed by atoms with Crippen molar-refractivity contribution in [1.82, 2.24) is 15.2 Å². The van der Waals surface area contributed by atoms with Crippen LogP contribution in [-0.4, -0.2) is 15.7 Å². The number of carbonyl (C=O) groups excluding carboxylic acids is 1. The molecule has 0 saturated carbocycles. The standard InChI is InChI=1S/C15H20N4O2/c1-10(2)13-5-4-12(8-11(13)3)21-9-19-7-6-14(18-19)15(20)17-16/h4-8,10H,9,16H2,1-3H3,(H,17,20). The minimum atomic E-state index is -0.425. The van der Waals surface area contributed by atoms with Crippen molar-refractivity contribution in [3.05, 3.63) is 47.3 Å². The van der Waals surface area contributed by atoms with Crippen LogP contribution in [0, 0.1) is 6.92 Å². The van der Waals surface area contributed by atoms with E-state index >= 15 is 0 Å². The number of hydrazine groups is 1. The Bertz CT molecular complexity index is 634. The van der Waals surface area contributed by atoms with Crippen molar-refractivity contribution in [3.8, 4) is 5.75 Å². The molecular weight excluding hydrogens is 268 g/mol. The fraction of sp³-hybridized carbons (Fsp3) is 0.333. The molecule has 6 heteroatoms. The molecule has 0 radical (unpaired) electrons. The van der Waals surface area contributed by atoms with Crippen LogP contribution in [-0.2, 0) is 6.73 Å². The highest BCUT2D eigenvalue weighted by Crippen LogP contribution is 2.23. The molecule has 1 aromatic heterocycles. The van der Waals surface area contributed by atoms with Gasteiger partial charge in [-0.3, -0.25) is 10.2 Å². The lowest BCUT2D eigenvalue weighted by atomic mass is 9.98. The van der Waals surface area contributed by atoms with Crippen molar-refractivity contribution in [1.29, 1.82) is 0 Å². The summed E-state index contributed by atoms with van der Waals surface area (Å²) in [6.45, 7) is 6.63. The molecule has 0 spiro atoms. The number of amides is 1. The van der Waals surface area contributed by atoms with Gasteiger partial charge in [0.25, 0.3) is 5.91 Å². The highest BCUT2D eigenvalue weighted by atomic mass is 16.5. The van der Waals surface area contributed by atoms with Gasteiger partial charge in [-0.2, -0.15) is 5.10 Å². The summed E-state index contributed by atoms with van der Waals surface area (Å²) in [5.41, 5.74) is 4.80. The van der Waals surface area contributed by atoms with E-state index in [9.17, 15) is 4.79 Å². The number of hydrogen-bond acceptors (Lipinski definition) is 4. The Labute approximate surface area is 123 Å². The second kappa shape index (κ2) is 6.41. The molecule has 1 heterocycles. The number of hydrogen-bond donors (Lipinski definition) is 2. The van der Waals surface area contributed by atoms with Crippen molar-refractivity contribution in [3.63, 3.8) is 0 Å². The SMILES string of the molecule is Cc1cc(OCn2ccc(C(=O)NN)n2)ccc1C(C)C. The number of benzene rings is 1. The van der Waals surface area contributed by atoms with Crippen LogP contribution in [0.25, 0.3) is 0 Å². The maximum absolute atomic E-state index is 11.3. The Kier molecular flexibility index (Phi) is 4.59. The van der Waals surface area contributed by atoms with E-state index in [1.807, 2.05) is 17.6 Å². The number of carbonyl (C=O) groups is 1. The van der Waals surface area contributed by atoms with Gasteiger partial charge in [-0.15, -0.1) is 0 Å².